The maximum Gasteiger partial charge on any atom is 0.0467 e. The van der Waals surface area contributed by atoms with Gasteiger partial charge in [0, 0.05) is 46.3 Å². The summed E-state index contributed by atoms with van der Waals surface area (Å²) in [5, 5.41) is 4.74. The molecule has 0 spiro atoms. The fraction of sp³-hybridized carbons (Fsp3) is 0.429. The predicted octanol–water partition coefficient (Wildman–Crippen LogP) is 3.84. The second kappa shape index (κ2) is 6.27. The number of hydrogen-bond acceptors (Lipinski definition) is 1. The molecule has 1 fully saturated rings. The Morgan fingerprint density at radius 3 is 2.74 bits per heavy atom. The van der Waals surface area contributed by atoms with Gasteiger partial charge in [-0.3, -0.25) is 0 Å². The van der Waals surface area contributed by atoms with Crippen LogP contribution in [0.15, 0.2) is 30.9 Å². The monoisotopic (exact) mass is 308 g/mol. The van der Waals surface area contributed by atoms with Crippen LogP contribution in [-0.2, 0) is 0 Å². The molecule has 2 aromatic rings. The molecule has 0 aliphatic carbocycles. The minimum Gasteiger partial charge on any atom is -0.371 e. The molecule has 2 atom stereocenters. The fourth-order valence-electron chi connectivity index (χ4n) is 3.93. The lowest BCUT2D eigenvalue weighted by Crippen LogP contribution is -2.28. The summed E-state index contributed by atoms with van der Waals surface area (Å²) in [4.78, 5) is 2.51. The molecule has 0 amide bonds. The Balaban J connectivity index is 2.13. The number of hydrogen-bond donors (Lipinski definition) is 0. The van der Waals surface area contributed by atoms with Gasteiger partial charge in [0.05, 0.1) is 0 Å². The van der Waals surface area contributed by atoms with Crippen molar-refractivity contribution in [3.05, 3.63) is 41.6 Å². The van der Waals surface area contributed by atoms with Gasteiger partial charge in [0.2, 0.25) is 0 Å². The molecule has 1 aliphatic heterocycles. The van der Waals surface area contributed by atoms with E-state index in [2.05, 4.69) is 61.3 Å². The molecule has 0 bridgehead atoms. The molecule has 2 heterocycles. The molecule has 122 valence electrons. The molecule has 0 radical (unpaired) electrons. The summed E-state index contributed by atoms with van der Waals surface area (Å²) in [6.45, 7) is 19.5. The summed E-state index contributed by atoms with van der Waals surface area (Å²) in [6, 6.07) is 6.98. The highest BCUT2D eigenvalue weighted by molar-refractivity contribution is 5.95. The van der Waals surface area contributed by atoms with Crippen molar-refractivity contribution >= 4 is 29.6 Å². The van der Waals surface area contributed by atoms with Crippen molar-refractivity contribution < 1.29 is 0 Å². The van der Waals surface area contributed by atoms with Crippen LogP contribution in [0.2, 0.25) is 0 Å². The molecule has 1 saturated heterocycles. The first-order valence-electron chi connectivity index (χ1n) is 8.71. The van der Waals surface area contributed by atoms with Crippen molar-refractivity contribution in [1.29, 1.82) is 0 Å². The third kappa shape index (κ3) is 2.71. The predicted molar refractivity (Wildman–Crippen MR) is 102 cm³/mol. The van der Waals surface area contributed by atoms with Gasteiger partial charge >= 0.3 is 0 Å². The lowest BCUT2D eigenvalue weighted by Gasteiger charge is -2.19. The molecule has 1 aromatic carbocycles. The minimum absolute atomic E-state index is 0.394. The van der Waals surface area contributed by atoms with Crippen LogP contribution in [0, 0.1) is 5.92 Å². The first-order valence-corrected chi connectivity index (χ1v) is 8.71. The van der Waals surface area contributed by atoms with E-state index >= 15 is 0 Å². The zero-order chi connectivity index (χ0) is 16.6. The van der Waals surface area contributed by atoms with Crippen LogP contribution in [0.25, 0.3) is 23.9 Å². The minimum atomic E-state index is 0.394. The Hall–Kier alpha value is -1.96. The van der Waals surface area contributed by atoms with Crippen molar-refractivity contribution in [2.45, 2.75) is 39.2 Å². The normalized spacial score (nSPS) is 19.4. The zero-order valence-corrected chi connectivity index (χ0v) is 14.5. The maximum absolute atomic E-state index is 4.42. The van der Waals surface area contributed by atoms with Gasteiger partial charge in [0.25, 0.3) is 0 Å². The van der Waals surface area contributed by atoms with Crippen LogP contribution in [0.4, 0.5) is 5.69 Å². The Morgan fingerprint density at radius 2 is 2.09 bits per heavy atom. The van der Waals surface area contributed by atoms with Crippen molar-refractivity contribution in [3.8, 4) is 0 Å². The van der Waals surface area contributed by atoms with E-state index in [1.54, 1.807) is 0 Å². The number of anilines is 1. The van der Waals surface area contributed by atoms with Crippen LogP contribution in [0.5, 0.6) is 0 Å². The standard InChI is InChI=1S/C21H28N2/c1-6-7-9-16(3)23-17(4)19-10-8-11-20(21(19)18(23)5)22-13-12-15(2)14-22/h6,8,10-11,15-16H,1,4-5,7,9,12-14H2,2-3H3. The number of benzene rings is 1. The van der Waals surface area contributed by atoms with E-state index in [0.29, 0.717) is 6.04 Å². The number of fused-ring (bicyclic) bond motifs is 1. The molecule has 0 saturated carbocycles. The van der Waals surface area contributed by atoms with Gasteiger partial charge in [-0.15, -0.1) is 6.58 Å². The summed E-state index contributed by atoms with van der Waals surface area (Å²) >= 11 is 0. The Labute approximate surface area is 139 Å². The summed E-state index contributed by atoms with van der Waals surface area (Å²) in [7, 11) is 0. The molecule has 1 aliphatic rings. The highest BCUT2D eigenvalue weighted by Crippen LogP contribution is 2.28. The smallest absolute Gasteiger partial charge is 0.0467 e. The van der Waals surface area contributed by atoms with Gasteiger partial charge in [-0.25, -0.2) is 0 Å². The first-order chi connectivity index (χ1) is 11.0. The van der Waals surface area contributed by atoms with Crippen LogP contribution in [0.3, 0.4) is 0 Å². The summed E-state index contributed by atoms with van der Waals surface area (Å²) < 4.78 is 2.32. The van der Waals surface area contributed by atoms with E-state index in [0.717, 1.165) is 42.5 Å². The SMILES string of the molecule is C=CCCC(C)n1c(=C)c2cccc(N3CCC(C)C3)c2c1=C. The average Bonchev–Trinajstić information content (AvgIpc) is 3.08. The molecular weight excluding hydrogens is 280 g/mol. The fourth-order valence-corrected chi connectivity index (χ4v) is 3.93. The largest absolute Gasteiger partial charge is 0.371 e. The average molecular weight is 308 g/mol. The summed E-state index contributed by atoms with van der Waals surface area (Å²) in [5.41, 5.74) is 1.33. The second-order valence-corrected chi connectivity index (χ2v) is 7.02. The van der Waals surface area contributed by atoms with Crippen LogP contribution < -0.4 is 15.6 Å². The maximum atomic E-state index is 4.42. The quantitative estimate of drug-likeness (QED) is 0.762. The number of nitrogens with zero attached hydrogens (tertiary/aromatic N) is 2. The van der Waals surface area contributed by atoms with E-state index < -0.39 is 0 Å². The third-order valence-electron chi connectivity index (χ3n) is 5.22. The van der Waals surface area contributed by atoms with Crippen LogP contribution in [-0.4, -0.2) is 17.7 Å². The number of aromatic nitrogens is 1. The van der Waals surface area contributed by atoms with E-state index in [4.69, 9.17) is 0 Å². The molecule has 3 rings (SSSR count). The summed E-state index contributed by atoms with van der Waals surface area (Å²) in [6.07, 6.45) is 5.36. The highest BCUT2D eigenvalue weighted by Gasteiger charge is 2.22. The van der Waals surface area contributed by atoms with E-state index in [1.165, 1.54) is 22.9 Å². The lowest BCUT2D eigenvalue weighted by molar-refractivity contribution is 0.496. The molecule has 23 heavy (non-hydrogen) atoms. The highest BCUT2D eigenvalue weighted by atomic mass is 15.2. The van der Waals surface area contributed by atoms with Gasteiger partial charge in [0.15, 0.2) is 0 Å². The molecule has 2 nitrogen and oxygen atoms in total. The first kappa shape index (κ1) is 15.9. The Bertz CT molecular complexity index is 814. The number of rotatable bonds is 5. The zero-order valence-electron chi connectivity index (χ0n) is 14.5. The second-order valence-electron chi connectivity index (χ2n) is 7.02. The van der Waals surface area contributed by atoms with E-state index in [1.807, 2.05) is 6.08 Å². The van der Waals surface area contributed by atoms with Gasteiger partial charge in [-0.2, -0.15) is 0 Å². The van der Waals surface area contributed by atoms with Crippen molar-refractivity contribution in [3.63, 3.8) is 0 Å². The lowest BCUT2D eigenvalue weighted by atomic mass is 10.1. The van der Waals surface area contributed by atoms with Crippen molar-refractivity contribution in [2.24, 2.45) is 5.92 Å². The van der Waals surface area contributed by atoms with E-state index in [-0.39, 0.29) is 0 Å². The van der Waals surface area contributed by atoms with E-state index in [9.17, 15) is 0 Å². The van der Waals surface area contributed by atoms with Gasteiger partial charge in [0.1, 0.15) is 0 Å². The Kier molecular flexibility index (Phi) is 4.34. The molecule has 2 heteroatoms. The molecular formula is C21H28N2. The summed E-state index contributed by atoms with van der Waals surface area (Å²) in [5.74, 6) is 0.770. The van der Waals surface area contributed by atoms with Crippen molar-refractivity contribution in [2.75, 3.05) is 18.0 Å². The van der Waals surface area contributed by atoms with Gasteiger partial charge in [-0.1, -0.05) is 38.3 Å². The molecule has 0 N–H and O–H groups in total. The van der Waals surface area contributed by atoms with Gasteiger partial charge in [-0.05, 0) is 38.2 Å². The van der Waals surface area contributed by atoms with Crippen LogP contribution >= 0.6 is 0 Å². The topological polar surface area (TPSA) is 8.17 Å². The molecule has 2 unspecified atom stereocenters. The van der Waals surface area contributed by atoms with Gasteiger partial charge < -0.3 is 9.47 Å². The Morgan fingerprint density at radius 1 is 1.30 bits per heavy atom. The third-order valence-corrected chi connectivity index (χ3v) is 5.22. The van der Waals surface area contributed by atoms with Crippen molar-refractivity contribution in [1.82, 2.24) is 4.57 Å². The molecule has 1 aromatic heterocycles. The van der Waals surface area contributed by atoms with Crippen LogP contribution in [0.1, 0.15) is 39.2 Å². The number of allylic oxidation sites excluding steroid dienone is 1.